The van der Waals surface area contributed by atoms with E-state index in [2.05, 4.69) is 34.3 Å². The second kappa shape index (κ2) is 10.9. The summed E-state index contributed by atoms with van der Waals surface area (Å²) in [5.41, 5.74) is 2.22. The summed E-state index contributed by atoms with van der Waals surface area (Å²) in [6, 6.07) is 10.3. The number of hydrogen-bond donors (Lipinski definition) is 1. The van der Waals surface area contributed by atoms with E-state index in [-0.39, 0.29) is 30.1 Å². The highest BCUT2D eigenvalue weighted by molar-refractivity contribution is 14.0. The first-order valence-corrected chi connectivity index (χ1v) is 9.60. The van der Waals surface area contributed by atoms with E-state index in [1.807, 2.05) is 25.2 Å². The Morgan fingerprint density at radius 2 is 2.19 bits per heavy atom. The SMILES string of the molecule is CN=C(NCc1sc(-c2ccccc2)nc1C)N1CCOC(COC)C1.I. The minimum Gasteiger partial charge on any atom is -0.382 e. The maximum atomic E-state index is 5.72. The van der Waals surface area contributed by atoms with Crippen molar-refractivity contribution >= 4 is 41.3 Å². The van der Waals surface area contributed by atoms with Crippen molar-refractivity contribution in [3.63, 3.8) is 0 Å². The first-order chi connectivity index (χ1) is 12.7. The molecule has 2 heterocycles. The molecule has 0 spiro atoms. The van der Waals surface area contributed by atoms with Gasteiger partial charge in [-0.1, -0.05) is 30.3 Å². The van der Waals surface area contributed by atoms with Crippen molar-refractivity contribution in [1.82, 2.24) is 15.2 Å². The summed E-state index contributed by atoms with van der Waals surface area (Å²) < 4.78 is 10.9. The lowest BCUT2D eigenvalue weighted by atomic mass is 10.2. The van der Waals surface area contributed by atoms with Crippen molar-refractivity contribution in [2.24, 2.45) is 4.99 Å². The molecule has 0 amide bonds. The van der Waals surface area contributed by atoms with Crippen molar-refractivity contribution in [3.8, 4) is 10.6 Å². The van der Waals surface area contributed by atoms with Crippen LogP contribution in [-0.4, -0.2) is 62.4 Å². The number of hydrogen-bond acceptors (Lipinski definition) is 5. The number of guanidine groups is 1. The molecule has 0 saturated carbocycles. The number of methoxy groups -OCH3 is 1. The minimum atomic E-state index is 0. The quantitative estimate of drug-likeness (QED) is 0.387. The number of nitrogens with one attached hydrogen (secondary N) is 1. The Kier molecular flexibility index (Phi) is 8.94. The van der Waals surface area contributed by atoms with Gasteiger partial charge in [-0.15, -0.1) is 35.3 Å². The van der Waals surface area contributed by atoms with E-state index in [4.69, 9.17) is 14.5 Å². The Hall–Kier alpha value is -1.23. The molecule has 3 rings (SSSR count). The largest absolute Gasteiger partial charge is 0.382 e. The molecule has 0 radical (unpaired) electrons. The molecule has 1 aromatic heterocycles. The van der Waals surface area contributed by atoms with Crippen LogP contribution in [0.2, 0.25) is 0 Å². The summed E-state index contributed by atoms with van der Waals surface area (Å²) in [7, 11) is 3.52. The standard InChI is InChI=1S/C19H26N4O2S.HI/c1-14-17(26-18(22-14)15-7-5-4-6-8-15)11-21-19(20-2)23-9-10-25-16(12-23)13-24-3;/h4-8,16H,9-13H2,1-3H3,(H,20,21);1H. The van der Waals surface area contributed by atoms with Gasteiger partial charge in [-0.25, -0.2) is 4.98 Å². The molecule has 1 unspecified atom stereocenters. The first kappa shape index (κ1) is 22.1. The highest BCUT2D eigenvalue weighted by atomic mass is 127. The number of rotatable bonds is 5. The van der Waals surface area contributed by atoms with E-state index in [0.29, 0.717) is 13.2 Å². The molecule has 2 aromatic rings. The molecule has 1 saturated heterocycles. The minimum absolute atomic E-state index is 0. The number of ether oxygens (including phenoxy) is 2. The van der Waals surface area contributed by atoms with Crippen LogP contribution < -0.4 is 5.32 Å². The molecular formula is C19H27IN4O2S. The number of thiazole rings is 1. The Morgan fingerprint density at radius 3 is 2.89 bits per heavy atom. The highest BCUT2D eigenvalue weighted by Crippen LogP contribution is 2.27. The normalized spacial score (nSPS) is 17.5. The highest BCUT2D eigenvalue weighted by Gasteiger charge is 2.23. The van der Waals surface area contributed by atoms with E-state index < -0.39 is 0 Å². The fourth-order valence-corrected chi connectivity index (χ4v) is 3.99. The van der Waals surface area contributed by atoms with Crippen molar-refractivity contribution in [2.45, 2.75) is 19.6 Å². The number of aromatic nitrogens is 1. The smallest absolute Gasteiger partial charge is 0.194 e. The van der Waals surface area contributed by atoms with Crippen LogP contribution in [0.5, 0.6) is 0 Å². The van der Waals surface area contributed by atoms with Crippen LogP contribution in [0.15, 0.2) is 35.3 Å². The van der Waals surface area contributed by atoms with Crippen molar-refractivity contribution < 1.29 is 9.47 Å². The molecule has 148 valence electrons. The molecule has 1 aliphatic heterocycles. The Bertz CT molecular complexity index is 737. The summed E-state index contributed by atoms with van der Waals surface area (Å²) in [5.74, 6) is 0.892. The van der Waals surface area contributed by atoms with Gasteiger partial charge in [-0.2, -0.15) is 0 Å². The zero-order valence-corrected chi connectivity index (χ0v) is 19.1. The third-order valence-electron chi connectivity index (χ3n) is 4.32. The molecule has 0 aliphatic carbocycles. The molecule has 27 heavy (non-hydrogen) atoms. The van der Waals surface area contributed by atoms with Gasteiger partial charge in [0.05, 0.1) is 31.6 Å². The third kappa shape index (κ3) is 5.87. The lowest BCUT2D eigenvalue weighted by Gasteiger charge is -2.34. The van der Waals surface area contributed by atoms with Crippen LogP contribution in [0, 0.1) is 6.92 Å². The Labute approximate surface area is 182 Å². The lowest BCUT2D eigenvalue weighted by Crippen LogP contribution is -2.51. The van der Waals surface area contributed by atoms with Gasteiger partial charge >= 0.3 is 0 Å². The summed E-state index contributed by atoms with van der Waals surface area (Å²) in [6.07, 6.45) is 0.0853. The van der Waals surface area contributed by atoms with Gasteiger partial charge < -0.3 is 19.7 Å². The van der Waals surface area contributed by atoms with Gasteiger partial charge in [0.2, 0.25) is 0 Å². The second-order valence-corrected chi connectivity index (χ2v) is 7.27. The monoisotopic (exact) mass is 502 g/mol. The zero-order chi connectivity index (χ0) is 18.4. The molecular weight excluding hydrogens is 475 g/mol. The fraction of sp³-hybridized carbons (Fsp3) is 0.474. The second-order valence-electron chi connectivity index (χ2n) is 6.19. The number of morpholine rings is 1. The van der Waals surface area contributed by atoms with Gasteiger partial charge in [0.25, 0.3) is 0 Å². The van der Waals surface area contributed by atoms with E-state index in [9.17, 15) is 0 Å². The van der Waals surface area contributed by atoms with Crippen molar-refractivity contribution in [1.29, 1.82) is 0 Å². The van der Waals surface area contributed by atoms with E-state index >= 15 is 0 Å². The van der Waals surface area contributed by atoms with E-state index in [1.165, 1.54) is 4.88 Å². The maximum absolute atomic E-state index is 5.72. The summed E-state index contributed by atoms with van der Waals surface area (Å²) in [4.78, 5) is 12.6. The molecule has 1 N–H and O–H groups in total. The number of nitrogens with zero attached hydrogens (tertiary/aromatic N) is 3. The van der Waals surface area contributed by atoms with Crippen LogP contribution >= 0.6 is 35.3 Å². The Balaban J connectivity index is 0.00000261. The molecule has 8 heteroatoms. The van der Waals surface area contributed by atoms with Crippen LogP contribution in [0.25, 0.3) is 10.6 Å². The summed E-state index contributed by atoms with van der Waals surface area (Å²) in [6.45, 7) is 5.68. The average Bonchev–Trinajstić information content (AvgIpc) is 3.04. The van der Waals surface area contributed by atoms with Crippen LogP contribution in [0.4, 0.5) is 0 Å². The van der Waals surface area contributed by atoms with Gasteiger partial charge in [0.1, 0.15) is 5.01 Å². The maximum Gasteiger partial charge on any atom is 0.194 e. The number of aryl methyl sites for hydroxylation is 1. The van der Waals surface area contributed by atoms with Crippen LogP contribution in [0.3, 0.4) is 0 Å². The van der Waals surface area contributed by atoms with Crippen LogP contribution in [-0.2, 0) is 16.0 Å². The van der Waals surface area contributed by atoms with Gasteiger partial charge in [-0.05, 0) is 6.92 Å². The number of aliphatic imine (C=N–C) groups is 1. The van der Waals surface area contributed by atoms with Gasteiger partial charge in [-0.3, -0.25) is 4.99 Å². The lowest BCUT2D eigenvalue weighted by molar-refractivity contribution is -0.0447. The summed E-state index contributed by atoms with van der Waals surface area (Å²) in [5, 5.41) is 4.53. The van der Waals surface area contributed by atoms with Crippen molar-refractivity contribution in [2.75, 3.05) is 40.5 Å². The Morgan fingerprint density at radius 1 is 1.41 bits per heavy atom. The first-order valence-electron chi connectivity index (χ1n) is 8.79. The fourth-order valence-electron chi connectivity index (χ4n) is 2.99. The predicted octanol–water partition coefficient (Wildman–Crippen LogP) is 3.16. The van der Waals surface area contributed by atoms with E-state index in [1.54, 1.807) is 18.4 Å². The number of halogens is 1. The topological polar surface area (TPSA) is 59.0 Å². The average molecular weight is 502 g/mol. The molecule has 1 fully saturated rings. The van der Waals surface area contributed by atoms with Crippen LogP contribution in [0.1, 0.15) is 10.6 Å². The zero-order valence-electron chi connectivity index (χ0n) is 16.0. The molecule has 1 aromatic carbocycles. The number of benzene rings is 1. The molecule has 1 aliphatic rings. The van der Waals surface area contributed by atoms with Crippen molar-refractivity contribution in [3.05, 3.63) is 40.9 Å². The predicted molar refractivity (Wildman–Crippen MR) is 121 cm³/mol. The van der Waals surface area contributed by atoms with E-state index in [0.717, 1.165) is 41.9 Å². The molecule has 6 nitrogen and oxygen atoms in total. The summed E-state index contributed by atoms with van der Waals surface area (Å²) >= 11 is 1.73. The third-order valence-corrected chi connectivity index (χ3v) is 5.53. The molecule has 1 atom stereocenters. The van der Waals surface area contributed by atoms with Gasteiger partial charge in [0, 0.05) is 37.7 Å². The molecule has 0 bridgehead atoms. The van der Waals surface area contributed by atoms with Gasteiger partial charge in [0.15, 0.2) is 5.96 Å².